The molecule has 0 radical (unpaired) electrons. The number of anilines is 1. The Bertz CT molecular complexity index is 1510. The van der Waals surface area contributed by atoms with Crippen molar-refractivity contribution in [1.29, 1.82) is 0 Å². The SMILES string of the molecule is COC(=O)c1cc(OC)c(OC)cc1NC(=O)COc1ccc(S(=O)(=O)N2CCc3ccccc3C2)cc1Cl. The van der Waals surface area contributed by atoms with Crippen molar-refractivity contribution in [3.05, 3.63) is 76.3 Å². The summed E-state index contributed by atoms with van der Waals surface area (Å²) < 4.78 is 48.7. The number of rotatable bonds is 9. The van der Waals surface area contributed by atoms with E-state index in [1.807, 2.05) is 24.3 Å². The average Bonchev–Trinajstić information content (AvgIpc) is 2.95. The lowest BCUT2D eigenvalue weighted by Crippen LogP contribution is -2.35. The van der Waals surface area contributed by atoms with Gasteiger partial charge in [0.05, 0.1) is 42.5 Å². The summed E-state index contributed by atoms with van der Waals surface area (Å²) in [5.74, 6) is -0.604. The van der Waals surface area contributed by atoms with Crippen LogP contribution in [0.25, 0.3) is 0 Å². The summed E-state index contributed by atoms with van der Waals surface area (Å²) in [4.78, 5) is 24.9. The zero-order valence-corrected chi connectivity index (χ0v) is 23.1. The molecule has 1 aliphatic rings. The number of benzene rings is 3. The minimum atomic E-state index is -3.80. The topological polar surface area (TPSA) is 120 Å². The van der Waals surface area contributed by atoms with Crippen LogP contribution in [0, 0.1) is 0 Å². The number of methoxy groups -OCH3 is 3. The molecule has 206 valence electrons. The molecule has 0 atom stereocenters. The number of ether oxygens (including phenoxy) is 4. The highest BCUT2D eigenvalue weighted by molar-refractivity contribution is 7.89. The lowest BCUT2D eigenvalue weighted by Gasteiger charge is -2.28. The van der Waals surface area contributed by atoms with Gasteiger partial charge in [-0.15, -0.1) is 0 Å². The smallest absolute Gasteiger partial charge is 0.340 e. The number of carbonyl (C=O) groups excluding carboxylic acids is 2. The van der Waals surface area contributed by atoms with Crippen LogP contribution in [-0.2, 0) is 32.5 Å². The molecular formula is C27H27ClN2O8S. The second-order valence-electron chi connectivity index (χ2n) is 8.53. The van der Waals surface area contributed by atoms with Gasteiger partial charge in [0.2, 0.25) is 10.0 Å². The number of fused-ring (bicyclic) bond motifs is 1. The molecule has 1 aliphatic heterocycles. The number of hydrogen-bond donors (Lipinski definition) is 1. The van der Waals surface area contributed by atoms with Gasteiger partial charge in [0.15, 0.2) is 18.1 Å². The fraction of sp³-hybridized carbons (Fsp3) is 0.259. The molecule has 1 N–H and O–H groups in total. The summed E-state index contributed by atoms with van der Waals surface area (Å²) in [6, 6.07) is 14.6. The van der Waals surface area contributed by atoms with E-state index in [1.165, 1.54) is 56.0 Å². The van der Waals surface area contributed by atoms with E-state index < -0.39 is 28.5 Å². The predicted octanol–water partition coefficient (Wildman–Crippen LogP) is 3.91. The maximum atomic E-state index is 13.2. The Hall–Kier alpha value is -3.80. The molecule has 0 aliphatic carbocycles. The summed E-state index contributed by atoms with van der Waals surface area (Å²) in [6.45, 7) is 0.168. The van der Waals surface area contributed by atoms with Gasteiger partial charge in [-0.3, -0.25) is 4.79 Å². The van der Waals surface area contributed by atoms with Crippen LogP contribution in [0.3, 0.4) is 0 Å². The first kappa shape index (κ1) is 28.2. The highest BCUT2D eigenvalue weighted by Crippen LogP contribution is 2.34. The Morgan fingerprint density at radius 3 is 2.31 bits per heavy atom. The van der Waals surface area contributed by atoms with Gasteiger partial charge < -0.3 is 24.3 Å². The maximum Gasteiger partial charge on any atom is 0.340 e. The van der Waals surface area contributed by atoms with Crippen LogP contribution in [0.5, 0.6) is 17.2 Å². The fourth-order valence-electron chi connectivity index (χ4n) is 4.17. The van der Waals surface area contributed by atoms with Gasteiger partial charge in [-0.2, -0.15) is 4.31 Å². The second-order valence-corrected chi connectivity index (χ2v) is 10.9. The number of amides is 1. The van der Waals surface area contributed by atoms with Crippen molar-refractivity contribution in [3.8, 4) is 17.2 Å². The Morgan fingerprint density at radius 1 is 0.949 bits per heavy atom. The molecule has 39 heavy (non-hydrogen) atoms. The zero-order chi connectivity index (χ0) is 28.2. The average molecular weight is 575 g/mol. The number of halogens is 1. The molecule has 0 fully saturated rings. The van der Waals surface area contributed by atoms with Crippen molar-refractivity contribution >= 4 is 39.2 Å². The van der Waals surface area contributed by atoms with Gasteiger partial charge in [0, 0.05) is 25.2 Å². The van der Waals surface area contributed by atoms with Crippen molar-refractivity contribution in [2.45, 2.75) is 17.9 Å². The number of carbonyl (C=O) groups is 2. The van der Waals surface area contributed by atoms with Crippen LogP contribution in [0.4, 0.5) is 5.69 Å². The number of nitrogens with zero attached hydrogens (tertiary/aromatic N) is 1. The summed E-state index contributed by atoms with van der Waals surface area (Å²) in [5.41, 5.74) is 2.28. The van der Waals surface area contributed by atoms with Gasteiger partial charge in [-0.05, 0) is 35.7 Å². The normalized spacial score (nSPS) is 13.2. The lowest BCUT2D eigenvalue weighted by atomic mass is 10.0. The van der Waals surface area contributed by atoms with Crippen molar-refractivity contribution in [3.63, 3.8) is 0 Å². The molecule has 0 saturated heterocycles. The Balaban J connectivity index is 1.45. The Morgan fingerprint density at radius 2 is 1.64 bits per heavy atom. The summed E-state index contributed by atoms with van der Waals surface area (Å²) in [7, 11) is 0.247. The highest BCUT2D eigenvalue weighted by atomic mass is 35.5. The molecular weight excluding hydrogens is 548 g/mol. The summed E-state index contributed by atoms with van der Waals surface area (Å²) in [6.07, 6.45) is 0.622. The molecule has 0 bridgehead atoms. The van der Waals surface area contributed by atoms with Gasteiger partial charge in [-0.25, -0.2) is 13.2 Å². The van der Waals surface area contributed by atoms with E-state index >= 15 is 0 Å². The molecule has 0 unspecified atom stereocenters. The summed E-state index contributed by atoms with van der Waals surface area (Å²) in [5, 5.41) is 2.61. The Labute approximate surface area is 231 Å². The summed E-state index contributed by atoms with van der Waals surface area (Å²) >= 11 is 6.33. The van der Waals surface area contributed by atoms with Crippen LogP contribution >= 0.6 is 11.6 Å². The maximum absolute atomic E-state index is 13.2. The van der Waals surface area contributed by atoms with Crippen LogP contribution < -0.4 is 19.5 Å². The van der Waals surface area contributed by atoms with E-state index in [0.29, 0.717) is 18.7 Å². The quantitative estimate of drug-likeness (QED) is 0.382. The van der Waals surface area contributed by atoms with Gasteiger partial charge in [-0.1, -0.05) is 35.9 Å². The number of sulfonamides is 1. The number of esters is 1. The number of hydrogen-bond acceptors (Lipinski definition) is 8. The van der Waals surface area contributed by atoms with Gasteiger partial charge in [0.25, 0.3) is 5.91 Å². The van der Waals surface area contributed by atoms with Crippen LogP contribution in [0.1, 0.15) is 21.5 Å². The van der Waals surface area contributed by atoms with Crippen LogP contribution in [-0.4, -0.2) is 59.1 Å². The molecule has 0 spiro atoms. The zero-order valence-electron chi connectivity index (χ0n) is 21.5. The number of nitrogens with one attached hydrogen (secondary N) is 1. The van der Waals surface area contributed by atoms with Crippen molar-refractivity contribution in [2.75, 3.05) is 39.8 Å². The molecule has 3 aromatic rings. The minimum Gasteiger partial charge on any atom is -0.493 e. The van der Waals surface area contributed by atoms with Crippen LogP contribution in [0.15, 0.2) is 59.5 Å². The van der Waals surface area contributed by atoms with E-state index in [4.69, 9.17) is 30.5 Å². The minimum absolute atomic E-state index is 0.0248. The third-order valence-electron chi connectivity index (χ3n) is 6.20. The predicted molar refractivity (Wildman–Crippen MR) is 144 cm³/mol. The molecule has 12 heteroatoms. The third kappa shape index (κ3) is 6.11. The van der Waals surface area contributed by atoms with Crippen molar-refractivity contribution in [2.24, 2.45) is 0 Å². The first-order valence-electron chi connectivity index (χ1n) is 11.8. The second kappa shape index (κ2) is 11.9. The molecule has 1 heterocycles. The monoisotopic (exact) mass is 574 g/mol. The lowest BCUT2D eigenvalue weighted by molar-refractivity contribution is -0.118. The fourth-order valence-corrected chi connectivity index (χ4v) is 5.92. The van der Waals surface area contributed by atoms with E-state index in [0.717, 1.165) is 11.1 Å². The molecule has 0 saturated carbocycles. The van der Waals surface area contributed by atoms with E-state index in [-0.39, 0.29) is 39.2 Å². The molecule has 3 aromatic carbocycles. The van der Waals surface area contributed by atoms with Crippen molar-refractivity contribution in [1.82, 2.24) is 4.31 Å². The molecule has 1 amide bonds. The Kier molecular flexibility index (Phi) is 8.63. The van der Waals surface area contributed by atoms with Crippen molar-refractivity contribution < 1.29 is 37.0 Å². The first-order valence-corrected chi connectivity index (χ1v) is 13.6. The molecule has 4 rings (SSSR count). The van der Waals surface area contributed by atoms with E-state index in [1.54, 1.807) is 0 Å². The van der Waals surface area contributed by atoms with Gasteiger partial charge in [0.1, 0.15) is 5.75 Å². The third-order valence-corrected chi connectivity index (χ3v) is 8.34. The van der Waals surface area contributed by atoms with Crippen LogP contribution in [0.2, 0.25) is 5.02 Å². The van der Waals surface area contributed by atoms with E-state index in [9.17, 15) is 18.0 Å². The standard InChI is InChI=1S/C27H27ClN2O8S/c1-35-24-13-20(27(32)37-3)22(14-25(24)36-2)29-26(31)16-38-23-9-8-19(12-21(23)28)39(33,34)30-11-10-17-6-4-5-7-18(17)15-30/h4-9,12-14H,10-11,15-16H2,1-3H3,(H,29,31). The molecule has 0 aromatic heterocycles. The molecule has 10 nitrogen and oxygen atoms in total. The van der Waals surface area contributed by atoms with Gasteiger partial charge >= 0.3 is 5.97 Å². The van der Waals surface area contributed by atoms with E-state index in [2.05, 4.69) is 5.32 Å². The highest BCUT2D eigenvalue weighted by Gasteiger charge is 2.29. The largest absolute Gasteiger partial charge is 0.493 e. The first-order chi connectivity index (χ1) is 18.7.